The number of imidazole rings is 1. The molecule has 0 aliphatic heterocycles. The van der Waals surface area contributed by atoms with Crippen molar-refractivity contribution in [3.8, 4) is 0 Å². The fraction of sp³-hybridized carbons (Fsp3) is 0.0556. The van der Waals surface area contributed by atoms with E-state index < -0.39 is 17.0 Å². The Bertz CT molecular complexity index is 1210. The summed E-state index contributed by atoms with van der Waals surface area (Å²) in [4.78, 5) is 39.8. The normalized spacial score (nSPS) is 11.2. The van der Waals surface area contributed by atoms with Gasteiger partial charge < -0.3 is 10.3 Å². The Kier molecular flexibility index (Phi) is 3.54. The van der Waals surface area contributed by atoms with Crippen molar-refractivity contribution in [3.63, 3.8) is 0 Å². The molecule has 2 aromatic heterocycles. The average Bonchev–Trinajstić information content (AvgIpc) is 2.93. The molecule has 0 bridgehead atoms. The van der Waals surface area contributed by atoms with Crippen LogP contribution < -0.4 is 16.4 Å². The zero-order valence-electron chi connectivity index (χ0n) is 12.9. The summed E-state index contributed by atoms with van der Waals surface area (Å²) in [5, 5.41) is 3.63. The molecular weight excluding hydrogens is 342 g/mol. The topological polar surface area (TPSA) is 83.4 Å². The zero-order chi connectivity index (χ0) is 17.6. The lowest BCUT2D eigenvalue weighted by Gasteiger charge is -2.07. The van der Waals surface area contributed by atoms with Gasteiger partial charge in [0.05, 0.1) is 11.0 Å². The Balaban J connectivity index is 1.73. The third kappa shape index (κ3) is 2.56. The fourth-order valence-electron chi connectivity index (χ4n) is 2.86. The van der Waals surface area contributed by atoms with Crippen molar-refractivity contribution in [1.82, 2.24) is 14.7 Å². The Hall–Kier alpha value is -3.12. The number of halogens is 1. The number of hydrogen-bond acceptors (Lipinski definition) is 3. The molecule has 0 radical (unpaired) electrons. The smallest absolute Gasteiger partial charge is 0.330 e. The summed E-state index contributed by atoms with van der Waals surface area (Å²) >= 11 is 5.83. The highest BCUT2D eigenvalue weighted by Gasteiger charge is 2.17. The number of amides is 1. The molecule has 0 unspecified atom stereocenters. The van der Waals surface area contributed by atoms with Crippen molar-refractivity contribution in [2.24, 2.45) is 0 Å². The lowest BCUT2D eigenvalue weighted by Crippen LogP contribution is -2.29. The molecule has 2 N–H and O–H groups in total. The summed E-state index contributed by atoms with van der Waals surface area (Å²) in [5.74, 6) is -0.532. The molecule has 124 valence electrons. The molecule has 2 aromatic carbocycles. The van der Waals surface area contributed by atoms with Crippen LogP contribution in [0.25, 0.3) is 16.4 Å². The van der Waals surface area contributed by atoms with Gasteiger partial charge in [-0.15, -0.1) is 0 Å². The van der Waals surface area contributed by atoms with E-state index in [1.807, 2.05) is 0 Å². The Morgan fingerprint density at radius 2 is 1.88 bits per heavy atom. The minimum Gasteiger partial charge on any atom is -0.348 e. The summed E-state index contributed by atoms with van der Waals surface area (Å²) in [6, 6.07) is 12.0. The van der Waals surface area contributed by atoms with Crippen molar-refractivity contribution in [2.45, 2.75) is 6.54 Å². The minimum atomic E-state index is -0.532. The first kappa shape index (κ1) is 15.4. The first-order valence-electron chi connectivity index (χ1n) is 7.57. The van der Waals surface area contributed by atoms with Gasteiger partial charge >= 0.3 is 5.69 Å². The van der Waals surface area contributed by atoms with Gasteiger partial charge in [-0.3, -0.25) is 14.0 Å². The molecule has 4 aromatic rings. The quantitative estimate of drug-likeness (QED) is 0.592. The standard InChI is InChI=1S/C18H12ClN3O3/c19-11-6-4-10(5-7-11)8-20-17(24)13-9-22-15-12(16(13)23)2-1-3-14(15)21-18(22)25/h1-7,9H,8H2,(H,20,24)(H,21,25). The molecule has 6 nitrogen and oxygen atoms in total. The van der Waals surface area contributed by atoms with Gasteiger partial charge in [0, 0.05) is 23.2 Å². The summed E-state index contributed by atoms with van der Waals surface area (Å²) in [5.41, 5.74) is 1.04. The minimum absolute atomic E-state index is 0.0735. The van der Waals surface area contributed by atoms with Gasteiger partial charge in [-0.1, -0.05) is 29.8 Å². The number of aromatic nitrogens is 2. The van der Waals surface area contributed by atoms with E-state index in [-0.39, 0.29) is 12.1 Å². The Morgan fingerprint density at radius 1 is 1.12 bits per heavy atom. The number of para-hydroxylation sites is 1. The number of benzene rings is 2. The molecule has 0 atom stereocenters. The Morgan fingerprint density at radius 3 is 2.64 bits per heavy atom. The van der Waals surface area contributed by atoms with E-state index >= 15 is 0 Å². The fourth-order valence-corrected chi connectivity index (χ4v) is 2.99. The van der Waals surface area contributed by atoms with Crippen LogP contribution in [0.1, 0.15) is 15.9 Å². The highest BCUT2D eigenvalue weighted by Crippen LogP contribution is 2.16. The van der Waals surface area contributed by atoms with Crippen LogP contribution in [0.3, 0.4) is 0 Å². The molecule has 0 saturated heterocycles. The molecule has 2 heterocycles. The van der Waals surface area contributed by atoms with Crippen molar-refractivity contribution >= 4 is 33.9 Å². The van der Waals surface area contributed by atoms with E-state index in [0.29, 0.717) is 21.4 Å². The van der Waals surface area contributed by atoms with Crippen LogP contribution in [0.4, 0.5) is 0 Å². The zero-order valence-corrected chi connectivity index (χ0v) is 13.6. The van der Waals surface area contributed by atoms with Crippen LogP contribution in [0.2, 0.25) is 5.02 Å². The number of carbonyl (C=O) groups excluding carboxylic acids is 1. The van der Waals surface area contributed by atoms with Crippen molar-refractivity contribution in [2.75, 3.05) is 0 Å². The van der Waals surface area contributed by atoms with Crippen LogP contribution >= 0.6 is 11.6 Å². The largest absolute Gasteiger partial charge is 0.348 e. The maximum Gasteiger partial charge on any atom is 0.330 e. The molecule has 0 aliphatic rings. The monoisotopic (exact) mass is 353 g/mol. The molecule has 0 aliphatic carbocycles. The lowest BCUT2D eigenvalue weighted by atomic mass is 10.1. The maximum atomic E-state index is 12.6. The highest BCUT2D eigenvalue weighted by molar-refractivity contribution is 6.30. The molecule has 1 amide bonds. The molecule has 0 spiro atoms. The molecule has 0 fully saturated rings. The van der Waals surface area contributed by atoms with Crippen LogP contribution in [-0.4, -0.2) is 15.3 Å². The number of pyridine rings is 1. The predicted molar refractivity (Wildman–Crippen MR) is 95.6 cm³/mol. The first-order chi connectivity index (χ1) is 12.0. The van der Waals surface area contributed by atoms with Crippen molar-refractivity contribution in [1.29, 1.82) is 0 Å². The molecule has 7 heteroatoms. The van der Waals surface area contributed by atoms with Gasteiger partial charge in [-0.25, -0.2) is 4.79 Å². The number of H-pyrrole nitrogens is 1. The van der Waals surface area contributed by atoms with E-state index in [0.717, 1.165) is 5.56 Å². The summed E-state index contributed by atoms with van der Waals surface area (Å²) in [6.45, 7) is 0.250. The van der Waals surface area contributed by atoms with Crippen molar-refractivity contribution < 1.29 is 4.79 Å². The number of carbonyl (C=O) groups is 1. The first-order valence-corrected chi connectivity index (χ1v) is 7.95. The van der Waals surface area contributed by atoms with Gasteiger partial charge in [-0.2, -0.15) is 0 Å². The van der Waals surface area contributed by atoms with Gasteiger partial charge in [0.1, 0.15) is 5.56 Å². The number of nitrogens with one attached hydrogen (secondary N) is 2. The molecule has 0 saturated carbocycles. The van der Waals surface area contributed by atoms with Gasteiger partial charge in [0.2, 0.25) is 5.43 Å². The van der Waals surface area contributed by atoms with E-state index in [9.17, 15) is 14.4 Å². The van der Waals surface area contributed by atoms with E-state index in [1.165, 1.54) is 10.6 Å². The summed E-state index contributed by atoms with van der Waals surface area (Å²) in [7, 11) is 0. The second-order valence-corrected chi connectivity index (χ2v) is 6.12. The number of aromatic amines is 1. The van der Waals surface area contributed by atoms with Crippen LogP contribution in [0, 0.1) is 0 Å². The van der Waals surface area contributed by atoms with E-state index in [1.54, 1.807) is 42.5 Å². The third-order valence-electron chi connectivity index (χ3n) is 4.10. The average molecular weight is 354 g/mol. The van der Waals surface area contributed by atoms with Crippen LogP contribution in [-0.2, 0) is 6.54 Å². The van der Waals surface area contributed by atoms with Gasteiger partial charge in [-0.05, 0) is 29.8 Å². The second-order valence-electron chi connectivity index (χ2n) is 5.68. The highest BCUT2D eigenvalue weighted by atomic mass is 35.5. The SMILES string of the molecule is O=C(NCc1ccc(Cl)cc1)c1cn2c(=O)[nH]c3cccc(c1=O)c32. The second kappa shape index (κ2) is 5.75. The summed E-state index contributed by atoms with van der Waals surface area (Å²) < 4.78 is 1.29. The number of nitrogens with zero attached hydrogens (tertiary/aromatic N) is 1. The van der Waals surface area contributed by atoms with Gasteiger partial charge in [0.25, 0.3) is 5.91 Å². The maximum absolute atomic E-state index is 12.6. The third-order valence-corrected chi connectivity index (χ3v) is 4.35. The summed E-state index contributed by atoms with van der Waals surface area (Å²) in [6.07, 6.45) is 1.29. The number of rotatable bonds is 3. The van der Waals surface area contributed by atoms with E-state index in [2.05, 4.69) is 10.3 Å². The van der Waals surface area contributed by atoms with Gasteiger partial charge in [0.15, 0.2) is 0 Å². The molecular formula is C18H12ClN3O3. The predicted octanol–water partition coefficient (Wildman–Crippen LogP) is 2.16. The lowest BCUT2D eigenvalue weighted by molar-refractivity contribution is 0.0949. The Labute approximate surface area is 146 Å². The van der Waals surface area contributed by atoms with Crippen molar-refractivity contribution in [3.05, 3.63) is 85.5 Å². The van der Waals surface area contributed by atoms with E-state index in [4.69, 9.17) is 11.6 Å². The van der Waals surface area contributed by atoms with Crippen LogP contribution in [0.5, 0.6) is 0 Å². The molecule has 4 rings (SSSR count). The number of hydrogen-bond donors (Lipinski definition) is 2. The van der Waals surface area contributed by atoms with Crippen LogP contribution in [0.15, 0.2) is 58.3 Å². The molecule has 25 heavy (non-hydrogen) atoms.